The molecule has 0 radical (unpaired) electrons. The Morgan fingerprint density at radius 1 is 1.19 bits per heavy atom. The van der Waals surface area contributed by atoms with Crippen molar-refractivity contribution < 1.29 is 14.6 Å². The molecule has 0 spiro atoms. The van der Waals surface area contributed by atoms with E-state index in [0.29, 0.717) is 18.4 Å². The molecule has 31 heavy (non-hydrogen) atoms. The summed E-state index contributed by atoms with van der Waals surface area (Å²) in [4.78, 5) is 14.7. The number of likely N-dealkylation sites (tertiary alicyclic amines) is 1. The molecule has 1 aliphatic carbocycles. The second kappa shape index (κ2) is 10.8. The third-order valence-corrected chi connectivity index (χ3v) is 7.76. The highest BCUT2D eigenvalue weighted by atomic mass is 16.5. The number of piperidine rings is 1. The third kappa shape index (κ3) is 6.01. The van der Waals surface area contributed by atoms with Crippen LogP contribution in [0.5, 0.6) is 5.75 Å². The zero-order chi connectivity index (χ0) is 21.6. The molecular formula is C26H40N2O3. The number of aliphatic hydroxyl groups excluding tert-OH is 1. The summed E-state index contributed by atoms with van der Waals surface area (Å²) in [7, 11) is 0. The van der Waals surface area contributed by atoms with Gasteiger partial charge in [-0.3, -0.25) is 4.79 Å². The number of carbonyl (C=O) groups is 1. The van der Waals surface area contributed by atoms with Gasteiger partial charge in [0.25, 0.3) is 0 Å². The number of hydrogen-bond acceptors (Lipinski definition) is 4. The molecule has 2 aliphatic heterocycles. The molecule has 1 atom stereocenters. The Balaban J connectivity index is 1.14. The zero-order valence-electron chi connectivity index (χ0n) is 19.2. The second-order valence-corrected chi connectivity index (χ2v) is 9.88. The number of aliphatic hydroxyl groups is 1. The van der Waals surface area contributed by atoms with Gasteiger partial charge in [-0.05, 0) is 94.5 Å². The molecule has 1 saturated heterocycles. The van der Waals surface area contributed by atoms with Gasteiger partial charge in [0.15, 0.2) is 0 Å². The Kier molecular flexibility index (Phi) is 7.89. The third-order valence-electron chi connectivity index (χ3n) is 7.76. The molecule has 0 unspecified atom stereocenters. The summed E-state index contributed by atoms with van der Waals surface area (Å²) in [5.41, 5.74) is 3.01. The fraction of sp³-hybridized carbons (Fsp3) is 0.731. The Morgan fingerprint density at radius 3 is 2.71 bits per heavy atom. The van der Waals surface area contributed by atoms with Gasteiger partial charge in [-0.15, -0.1) is 0 Å². The normalized spacial score (nSPS) is 25.6. The average Bonchev–Trinajstić information content (AvgIpc) is 3.28. The first kappa shape index (κ1) is 22.6. The van der Waals surface area contributed by atoms with Crippen molar-refractivity contribution in [3.63, 3.8) is 0 Å². The van der Waals surface area contributed by atoms with E-state index in [9.17, 15) is 9.90 Å². The second-order valence-electron chi connectivity index (χ2n) is 9.88. The highest BCUT2D eigenvalue weighted by molar-refractivity contribution is 5.76. The van der Waals surface area contributed by atoms with Crippen LogP contribution in [-0.4, -0.2) is 54.3 Å². The smallest absolute Gasteiger partial charge is 0.222 e. The fourth-order valence-corrected chi connectivity index (χ4v) is 5.70. The molecule has 5 nitrogen and oxygen atoms in total. The molecule has 2 heterocycles. The molecule has 1 amide bonds. The zero-order valence-corrected chi connectivity index (χ0v) is 19.2. The minimum atomic E-state index is -0.503. The van der Waals surface area contributed by atoms with E-state index in [0.717, 1.165) is 37.5 Å². The number of amides is 1. The van der Waals surface area contributed by atoms with Crippen LogP contribution in [0.4, 0.5) is 0 Å². The maximum atomic E-state index is 12.0. The fourth-order valence-electron chi connectivity index (χ4n) is 5.70. The molecule has 2 fully saturated rings. The molecule has 2 N–H and O–H groups in total. The quantitative estimate of drug-likeness (QED) is 0.656. The SMILES string of the molecule is CC[C@@H](O)CC(=O)NC1CCC(CCN2CCC(c3cccc4c3CCO4)CC2)CC1. The maximum absolute atomic E-state index is 12.0. The van der Waals surface area contributed by atoms with Gasteiger partial charge < -0.3 is 20.1 Å². The number of nitrogens with zero attached hydrogens (tertiary/aromatic N) is 1. The Hall–Kier alpha value is -1.59. The van der Waals surface area contributed by atoms with E-state index in [4.69, 9.17) is 4.74 Å². The van der Waals surface area contributed by atoms with Gasteiger partial charge in [0.2, 0.25) is 5.91 Å². The van der Waals surface area contributed by atoms with E-state index in [2.05, 4.69) is 28.4 Å². The van der Waals surface area contributed by atoms with E-state index in [1.807, 2.05) is 6.92 Å². The van der Waals surface area contributed by atoms with Crippen LogP contribution in [0.1, 0.15) is 81.8 Å². The highest BCUT2D eigenvalue weighted by Gasteiger charge is 2.27. The Bertz CT molecular complexity index is 721. The van der Waals surface area contributed by atoms with Crippen molar-refractivity contribution in [2.24, 2.45) is 5.92 Å². The summed E-state index contributed by atoms with van der Waals surface area (Å²) in [6.45, 7) is 6.39. The van der Waals surface area contributed by atoms with Crippen LogP contribution in [0.3, 0.4) is 0 Å². The van der Waals surface area contributed by atoms with Crippen LogP contribution < -0.4 is 10.1 Å². The molecular weight excluding hydrogens is 388 g/mol. The monoisotopic (exact) mass is 428 g/mol. The number of nitrogens with one attached hydrogen (secondary N) is 1. The molecule has 1 aromatic carbocycles. The molecule has 1 saturated carbocycles. The van der Waals surface area contributed by atoms with E-state index in [1.54, 1.807) is 5.56 Å². The molecule has 1 aromatic rings. The van der Waals surface area contributed by atoms with Crippen molar-refractivity contribution in [2.45, 2.75) is 89.2 Å². The standard InChI is InChI=1S/C26H40N2O3/c1-2-22(29)18-26(30)27-21-8-6-19(7-9-21)10-14-28-15-11-20(12-16-28)23-4-3-5-25-24(23)13-17-31-25/h3-5,19-22,29H,2,6-18H2,1H3,(H,27,30)/t19?,21?,22-/m1/s1. The molecule has 0 bridgehead atoms. The van der Waals surface area contributed by atoms with Crippen LogP contribution in [-0.2, 0) is 11.2 Å². The largest absolute Gasteiger partial charge is 0.493 e. The predicted molar refractivity (Wildman–Crippen MR) is 123 cm³/mol. The average molecular weight is 429 g/mol. The summed E-state index contributed by atoms with van der Waals surface area (Å²) in [5, 5.41) is 12.8. The van der Waals surface area contributed by atoms with Crippen LogP contribution in [0.15, 0.2) is 18.2 Å². The lowest BCUT2D eigenvalue weighted by Gasteiger charge is -2.35. The number of carbonyl (C=O) groups excluding carboxylic acids is 1. The van der Waals surface area contributed by atoms with Gasteiger partial charge >= 0.3 is 0 Å². The number of benzene rings is 1. The predicted octanol–water partition coefficient (Wildman–Crippen LogP) is 4.03. The van der Waals surface area contributed by atoms with E-state index < -0.39 is 6.10 Å². The van der Waals surface area contributed by atoms with Crippen molar-refractivity contribution in [3.05, 3.63) is 29.3 Å². The first-order chi connectivity index (χ1) is 15.1. The summed E-state index contributed by atoms with van der Waals surface area (Å²) >= 11 is 0. The number of fused-ring (bicyclic) bond motifs is 1. The van der Waals surface area contributed by atoms with E-state index in [-0.39, 0.29) is 12.3 Å². The lowest BCUT2D eigenvalue weighted by atomic mass is 9.83. The summed E-state index contributed by atoms with van der Waals surface area (Å²) in [6.07, 6.45) is 9.87. The lowest BCUT2D eigenvalue weighted by molar-refractivity contribution is -0.124. The lowest BCUT2D eigenvalue weighted by Crippen LogP contribution is -2.39. The maximum Gasteiger partial charge on any atom is 0.222 e. The van der Waals surface area contributed by atoms with E-state index in [1.165, 1.54) is 57.3 Å². The number of hydrogen-bond donors (Lipinski definition) is 2. The highest BCUT2D eigenvalue weighted by Crippen LogP contribution is 2.37. The minimum Gasteiger partial charge on any atom is -0.493 e. The van der Waals surface area contributed by atoms with Gasteiger partial charge in [0.1, 0.15) is 5.75 Å². The molecule has 5 heteroatoms. The van der Waals surface area contributed by atoms with Crippen LogP contribution in [0.2, 0.25) is 0 Å². The summed E-state index contributed by atoms with van der Waals surface area (Å²) < 4.78 is 5.76. The van der Waals surface area contributed by atoms with Crippen molar-refractivity contribution in [3.8, 4) is 5.75 Å². The Labute approximate surface area is 187 Å². The summed E-state index contributed by atoms with van der Waals surface area (Å²) in [6, 6.07) is 6.92. The topological polar surface area (TPSA) is 61.8 Å². The van der Waals surface area contributed by atoms with Gasteiger partial charge in [-0.25, -0.2) is 0 Å². The van der Waals surface area contributed by atoms with Crippen LogP contribution >= 0.6 is 0 Å². The minimum absolute atomic E-state index is 0.0105. The molecule has 4 rings (SSSR count). The number of rotatable bonds is 8. The van der Waals surface area contributed by atoms with Crippen molar-refractivity contribution in [1.29, 1.82) is 0 Å². The van der Waals surface area contributed by atoms with Crippen molar-refractivity contribution in [1.82, 2.24) is 10.2 Å². The first-order valence-corrected chi connectivity index (χ1v) is 12.6. The van der Waals surface area contributed by atoms with Gasteiger partial charge in [-0.2, -0.15) is 0 Å². The van der Waals surface area contributed by atoms with E-state index >= 15 is 0 Å². The van der Waals surface area contributed by atoms with Crippen LogP contribution in [0, 0.1) is 5.92 Å². The number of ether oxygens (including phenoxy) is 1. The molecule has 172 valence electrons. The molecule has 3 aliphatic rings. The van der Waals surface area contributed by atoms with Crippen molar-refractivity contribution in [2.75, 3.05) is 26.2 Å². The molecule has 0 aromatic heterocycles. The summed E-state index contributed by atoms with van der Waals surface area (Å²) in [5.74, 6) is 2.62. The van der Waals surface area contributed by atoms with Gasteiger partial charge in [-0.1, -0.05) is 19.1 Å². The first-order valence-electron chi connectivity index (χ1n) is 12.6. The van der Waals surface area contributed by atoms with Crippen LogP contribution in [0.25, 0.3) is 0 Å². The van der Waals surface area contributed by atoms with Gasteiger partial charge in [0.05, 0.1) is 19.1 Å². The Morgan fingerprint density at radius 2 is 1.97 bits per heavy atom. The van der Waals surface area contributed by atoms with Gasteiger partial charge in [0, 0.05) is 18.0 Å². The van der Waals surface area contributed by atoms with Crippen molar-refractivity contribution >= 4 is 5.91 Å².